The van der Waals surface area contributed by atoms with Crippen LogP contribution < -0.4 is 14.8 Å². The van der Waals surface area contributed by atoms with Gasteiger partial charge in [0.1, 0.15) is 19.3 Å². The molecule has 178 valence electrons. The molecular weight excluding hydrogens is 416 g/mol. The molecule has 33 heavy (non-hydrogen) atoms. The summed E-state index contributed by atoms with van der Waals surface area (Å²) in [7, 11) is 0. The van der Waals surface area contributed by atoms with Gasteiger partial charge in [0.05, 0.1) is 0 Å². The zero-order valence-electron chi connectivity index (χ0n) is 20.4. The standard InChI is InChI=1S/C27H36N2O4/c1-6-22(26(31)28-27(3,4)5)29(18-21-9-7-19(2)8-10-21)25(30)14-12-20-11-13-23-24(17-20)33-16-15-32-23/h7-11,13,17,22H,6,12,14-16,18H2,1-5H3,(H,28,31)/t22-/m1/s1. The lowest BCUT2D eigenvalue weighted by Gasteiger charge is -2.33. The minimum absolute atomic E-state index is 0.0404. The van der Waals surface area contributed by atoms with Gasteiger partial charge in [-0.15, -0.1) is 0 Å². The van der Waals surface area contributed by atoms with Crippen LogP contribution in [0.15, 0.2) is 42.5 Å². The Kier molecular flexibility index (Phi) is 8.01. The van der Waals surface area contributed by atoms with Gasteiger partial charge < -0.3 is 19.7 Å². The fourth-order valence-electron chi connectivity index (χ4n) is 3.90. The number of nitrogens with one attached hydrogen (secondary N) is 1. The molecule has 3 rings (SSSR count). The van der Waals surface area contributed by atoms with Crippen molar-refractivity contribution in [2.75, 3.05) is 13.2 Å². The summed E-state index contributed by atoms with van der Waals surface area (Å²) in [6.45, 7) is 11.3. The maximum atomic E-state index is 13.4. The van der Waals surface area contributed by atoms with Gasteiger partial charge in [-0.1, -0.05) is 42.8 Å². The van der Waals surface area contributed by atoms with Crippen molar-refractivity contribution in [1.29, 1.82) is 0 Å². The van der Waals surface area contributed by atoms with Crippen molar-refractivity contribution in [3.05, 3.63) is 59.2 Å². The number of fused-ring (bicyclic) bond motifs is 1. The van der Waals surface area contributed by atoms with Crippen LogP contribution in [0, 0.1) is 6.92 Å². The highest BCUT2D eigenvalue weighted by atomic mass is 16.6. The summed E-state index contributed by atoms with van der Waals surface area (Å²) in [5.41, 5.74) is 2.81. The van der Waals surface area contributed by atoms with Gasteiger partial charge in [-0.2, -0.15) is 0 Å². The predicted molar refractivity (Wildman–Crippen MR) is 129 cm³/mol. The number of nitrogens with zero attached hydrogens (tertiary/aromatic N) is 1. The maximum Gasteiger partial charge on any atom is 0.243 e. The van der Waals surface area contributed by atoms with Gasteiger partial charge in [0.2, 0.25) is 11.8 Å². The van der Waals surface area contributed by atoms with E-state index in [9.17, 15) is 9.59 Å². The van der Waals surface area contributed by atoms with E-state index in [1.54, 1.807) is 4.90 Å². The largest absolute Gasteiger partial charge is 0.486 e. The molecule has 0 aromatic heterocycles. The second-order valence-electron chi connectivity index (χ2n) is 9.65. The molecule has 1 aliphatic rings. The third-order valence-corrected chi connectivity index (χ3v) is 5.59. The number of benzene rings is 2. The molecule has 1 atom stereocenters. The topological polar surface area (TPSA) is 67.9 Å². The Balaban J connectivity index is 1.77. The number of rotatable bonds is 8. The van der Waals surface area contributed by atoms with E-state index in [-0.39, 0.29) is 17.4 Å². The average Bonchev–Trinajstić information content (AvgIpc) is 2.77. The summed E-state index contributed by atoms with van der Waals surface area (Å²) in [5, 5.41) is 3.05. The molecule has 0 radical (unpaired) electrons. The molecule has 0 saturated carbocycles. The molecule has 0 fully saturated rings. The van der Waals surface area contributed by atoms with E-state index in [1.807, 2.05) is 77.1 Å². The van der Waals surface area contributed by atoms with Gasteiger partial charge in [0, 0.05) is 18.5 Å². The molecule has 1 aliphatic heterocycles. The highest BCUT2D eigenvalue weighted by Crippen LogP contribution is 2.31. The van der Waals surface area contributed by atoms with Gasteiger partial charge >= 0.3 is 0 Å². The van der Waals surface area contributed by atoms with E-state index >= 15 is 0 Å². The Bertz CT molecular complexity index is 963. The Hall–Kier alpha value is -3.02. The number of aryl methyl sites for hydroxylation is 2. The number of ether oxygens (including phenoxy) is 2. The molecule has 0 saturated heterocycles. The van der Waals surface area contributed by atoms with Crippen LogP contribution in [0.2, 0.25) is 0 Å². The fraction of sp³-hybridized carbons (Fsp3) is 0.481. The van der Waals surface area contributed by atoms with E-state index in [0.29, 0.717) is 39.0 Å². The number of carbonyl (C=O) groups is 2. The van der Waals surface area contributed by atoms with Crippen molar-refractivity contribution in [3.63, 3.8) is 0 Å². The molecule has 0 bridgehead atoms. The predicted octanol–water partition coefficient (Wildman–Crippen LogP) is 4.42. The molecule has 2 aromatic rings. The van der Waals surface area contributed by atoms with Gasteiger partial charge in [0.15, 0.2) is 11.5 Å². The molecule has 1 heterocycles. The summed E-state index contributed by atoms with van der Waals surface area (Å²) < 4.78 is 11.3. The van der Waals surface area contributed by atoms with Gasteiger partial charge in [-0.05, 0) is 63.8 Å². The van der Waals surface area contributed by atoms with Crippen LogP contribution in [0.1, 0.15) is 57.2 Å². The van der Waals surface area contributed by atoms with Gasteiger partial charge in [-0.25, -0.2) is 0 Å². The van der Waals surface area contributed by atoms with E-state index in [2.05, 4.69) is 5.32 Å². The third kappa shape index (κ3) is 6.98. The third-order valence-electron chi connectivity index (χ3n) is 5.59. The summed E-state index contributed by atoms with van der Waals surface area (Å²) in [6.07, 6.45) is 1.42. The SMILES string of the molecule is CC[C@H](C(=O)NC(C)(C)C)N(Cc1ccc(C)cc1)C(=O)CCc1ccc2c(c1)OCCO2. The van der Waals surface area contributed by atoms with Crippen LogP contribution >= 0.6 is 0 Å². The lowest BCUT2D eigenvalue weighted by atomic mass is 10.0. The first-order chi connectivity index (χ1) is 15.7. The van der Waals surface area contributed by atoms with Crippen LogP contribution in [0.5, 0.6) is 11.5 Å². The number of carbonyl (C=O) groups excluding carboxylic acids is 2. The van der Waals surface area contributed by atoms with Crippen LogP contribution in [-0.4, -0.2) is 41.5 Å². The second kappa shape index (κ2) is 10.7. The van der Waals surface area contributed by atoms with Crippen LogP contribution in [0.4, 0.5) is 0 Å². The molecule has 1 N–H and O–H groups in total. The Morgan fingerprint density at radius 2 is 1.64 bits per heavy atom. The van der Waals surface area contributed by atoms with Gasteiger partial charge in [-0.3, -0.25) is 9.59 Å². The normalized spacial score (nSPS) is 13.8. The Morgan fingerprint density at radius 3 is 2.27 bits per heavy atom. The maximum absolute atomic E-state index is 13.4. The molecular formula is C27H36N2O4. The minimum Gasteiger partial charge on any atom is -0.486 e. The summed E-state index contributed by atoms with van der Waals surface area (Å²) in [5.74, 6) is 1.30. The summed E-state index contributed by atoms with van der Waals surface area (Å²) in [4.78, 5) is 28.2. The molecule has 0 spiro atoms. The van der Waals surface area contributed by atoms with Gasteiger partial charge in [0.25, 0.3) is 0 Å². The van der Waals surface area contributed by atoms with E-state index in [4.69, 9.17) is 9.47 Å². The van der Waals surface area contributed by atoms with Crippen LogP contribution in [0.25, 0.3) is 0 Å². The van der Waals surface area contributed by atoms with Crippen LogP contribution in [0.3, 0.4) is 0 Å². The first kappa shape index (κ1) is 24.6. The van der Waals surface area contributed by atoms with Crippen molar-refractivity contribution in [3.8, 4) is 11.5 Å². The zero-order chi connectivity index (χ0) is 24.0. The fourth-order valence-corrected chi connectivity index (χ4v) is 3.90. The summed E-state index contributed by atoms with van der Waals surface area (Å²) in [6, 6.07) is 13.4. The molecule has 6 nitrogen and oxygen atoms in total. The minimum atomic E-state index is -0.529. The first-order valence-corrected chi connectivity index (χ1v) is 11.7. The average molecular weight is 453 g/mol. The van der Waals surface area contributed by atoms with E-state index in [0.717, 1.165) is 28.2 Å². The van der Waals surface area contributed by atoms with Crippen molar-refractivity contribution in [2.24, 2.45) is 0 Å². The number of hydrogen-bond donors (Lipinski definition) is 1. The highest BCUT2D eigenvalue weighted by molar-refractivity contribution is 5.88. The quantitative estimate of drug-likeness (QED) is 0.644. The number of amides is 2. The van der Waals surface area contributed by atoms with Crippen molar-refractivity contribution in [1.82, 2.24) is 10.2 Å². The van der Waals surface area contributed by atoms with Crippen molar-refractivity contribution in [2.45, 2.75) is 72.0 Å². The van der Waals surface area contributed by atoms with Crippen molar-refractivity contribution < 1.29 is 19.1 Å². The second-order valence-corrected chi connectivity index (χ2v) is 9.65. The Morgan fingerprint density at radius 1 is 1.00 bits per heavy atom. The lowest BCUT2D eigenvalue weighted by molar-refractivity contribution is -0.142. The molecule has 2 aromatic carbocycles. The monoisotopic (exact) mass is 452 g/mol. The molecule has 0 aliphatic carbocycles. The first-order valence-electron chi connectivity index (χ1n) is 11.7. The molecule has 0 unspecified atom stereocenters. The zero-order valence-corrected chi connectivity index (χ0v) is 20.4. The summed E-state index contributed by atoms with van der Waals surface area (Å²) >= 11 is 0. The molecule has 6 heteroatoms. The van der Waals surface area contributed by atoms with E-state index in [1.165, 1.54) is 0 Å². The van der Waals surface area contributed by atoms with E-state index < -0.39 is 6.04 Å². The lowest BCUT2D eigenvalue weighted by Crippen LogP contribution is -2.53. The number of hydrogen-bond acceptors (Lipinski definition) is 4. The highest BCUT2D eigenvalue weighted by Gasteiger charge is 2.30. The smallest absolute Gasteiger partial charge is 0.243 e. The van der Waals surface area contributed by atoms with Crippen LogP contribution in [-0.2, 0) is 22.6 Å². The van der Waals surface area contributed by atoms with Crippen molar-refractivity contribution >= 4 is 11.8 Å². The molecule has 2 amide bonds. The Labute approximate surface area is 197 Å².